The Morgan fingerprint density at radius 2 is 2.22 bits per heavy atom. The molecule has 0 fully saturated rings. The smallest absolute Gasteiger partial charge is 0.324 e. The minimum absolute atomic E-state index is 0.0725. The summed E-state index contributed by atoms with van der Waals surface area (Å²) in [6.07, 6.45) is -0.513. The van der Waals surface area contributed by atoms with Crippen LogP contribution in [0, 0.1) is 0 Å². The molecule has 98 valence electrons. The molecule has 1 aliphatic heterocycles. The Hall–Kier alpha value is -1.75. The van der Waals surface area contributed by atoms with Gasteiger partial charge in [-0.05, 0) is 24.6 Å². The van der Waals surface area contributed by atoms with Gasteiger partial charge in [0.1, 0.15) is 0 Å². The molecule has 2 N–H and O–H groups in total. The largest absolute Gasteiger partial charge is 0.392 e. The third-order valence-electron chi connectivity index (χ3n) is 3.14. The number of anilines is 2. The molecule has 0 aromatic heterocycles. The van der Waals surface area contributed by atoms with E-state index in [1.54, 1.807) is 23.8 Å². The number of benzene rings is 1. The zero-order chi connectivity index (χ0) is 13.3. The second kappa shape index (κ2) is 4.86. The van der Waals surface area contributed by atoms with Gasteiger partial charge in [0.15, 0.2) is 0 Å². The first-order chi connectivity index (χ1) is 8.52. The molecule has 2 amide bonds. The highest BCUT2D eigenvalue weighted by Gasteiger charge is 2.28. The molecule has 0 spiro atoms. The normalized spacial score (nSPS) is 16.6. The predicted octanol–water partition coefficient (Wildman–Crippen LogP) is 1.48. The zero-order valence-corrected chi connectivity index (χ0v) is 11.0. The second-order valence-electron chi connectivity index (χ2n) is 4.66. The monoisotopic (exact) mass is 249 g/mol. The summed E-state index contributed by atoms with van der Waals surface area (Å²) < 4.78 is 0. The number of urea groups is 1. The Morgan fingerprint density at radius 1 is 1.50 bits per heavy atom. The van der Waals surface area contributed by atoms with Gasteiger partial charge in [-0.3, -0.25) is 4.90 Å². The van der Waals surface area contributed by atoms with Crippen molar-refractivity contribution >= 4 is 17.4 Å². The number of carbonyl (C=O) groups is 1. The molecule has 1 heterocycles. The highest BCUT2D eigenvalue weighted by Crippen LogP contribution is 2.30. The van der Waals surface area contributed by atoms with E-state index >= 15 is 0 Å². The summed E-state index contributed by atoms with van der Waals surface area (Å²) in [5.74, 6) is 0. The Balaban J connectivity index is 2.31. The van der Waals surface area contributed by atoms with E-state index in [-0.39, 0.29) is 6.03 Å². The Kier molecular flexibility index (Phi) is 3.43. The molecule has 1 atom stereocenters. The number of hydrogen-bond donors (Lipinski definition) is 2. The number of aliphatic hydroxyl groups excluding tert-OH is 1. The summed E-state index contributed by atoms with van der Waals surface area (Å²) >= 11 is 0. The molecular weight excluding hydrogens is 230 g/mol. The van der Waals surface area contributed by atoms with Gasteiger partial charge in [-0.2, -0.15) is 0 Å². The molecule has 0 aliphatic carbocycles. The van der Waals surface area contributed by atoms with Crippen molar-refractivity contribution in [1.29, 1.82) is 0 Å². The lowest BCUT2D eigenvalue weighted by Gasteiger charge is -2.35. The Labute approximate surface area is 107 Å². The van der Waals surface area contributed by atoms with Gasteiger partial charge in [0, 0.05) is 32.9 Å². The SMILES string of the molecule is CNc1ccc2c(c1)N(C)C(=O)N(CC(C)O)C2. The van der Waals surface area contributed by atoms with Crippen molar-refractivity contribution in [2.45, 2.75) is 19.6 Å². The summed E-state index contributed by atoms with van der Waals surface area (Å²) in [6.45, 7) is 2.59. The van der Waals surface area contributed by atoms with Crippen LogP contribution in [0.1, 0.15) is 12.5 Å². The van der Waals surface area contributed by atoms with Gasteiger partial charge in [0.05, 0.1) is 11.8 Å². The maximum absolute atomic E-state index is 12.1. The van der Waals surface area contributed by atoms with Crippen LogP contribution in [0.4, 0.5) is 16.2 Å². The summed E-state index contributed by atoms with van der Waals surface area (Å²) in [7, 11) is 3.61. The van der Waals surface area contributed by atoms with Gasteiger partial charge < -0.3 is 15.3 Å². The minimum Gasteiger partial charge on any atom is -0.392 e. The number of carbonyl (C=O) groups excluding carboxylic acids is 1. The van der Waals surface area contributed by atoms with Crippen molar-refractivity contribution in [2.75, 3.05) is 30.9 Å². The summed E-state index contributed by atoms with van der Waals surface area (Å²) in [5.41, 5.74) is 3.00. The van der Waals surface area contributed by atoms with Crippen LogP contribution in [0.25, 0.3) is 0 Å². The number of rotatable bonds is 3. The number of fused-ring (bicyclic) bond motifs is 1. The number of β-amino-alcohol motifs (C(OH)–C–C–N with tert-alkyl or cyclic N) is 1. The standard InChI is InChI=1S/C13H19N3O2/c1-9(17)7-16-8-10-4-5-11(14-2)6-12(10)15(3)13(16)18/h4-6,9,14,17H,7-8H2,1-3H3. The van der Waals surface area contributed by atoms with E-state index in [2.05, 4.69) is 5.32 Å². The van der Waals surface area contributed by atoms with E-state index in [1.165, 1.54) is 0 Å². The van der Waals surface area contributed by atoms with Crippen LogP contribution in [-0.4, -0.2) is 42.8 Å². The number of nitrogens with zero attached hydrogens (tertiary/aromatic N) is 2. The van der Waals surface area contributed by atoms with Crippen LogP contribution in [0.3, 0.4) is 0 Å². The molecule has 2 rings (SSSR count). The second-order valence-corrected chi connectivity index (χ2v) is 4.66. The van der Waals surface area contributed by atoms with Gasteiger partial charge in [0.25, 0.3) is 0 Å². The number of aliphatic hydroxyl groups is 1. The molecule has 0 saturated heterocycles. The number of nitrogens with one attached hydrogen (secondary N) is 1. The van der Waals surface area contributed by atoms with Crippen molar-refractivity contribution in [3.8, 4) is 0 Å². The highest BCUT2D eigenvalue weighted by atomic mass is 16.3. The fourth-order valence-electron chi connectivity index (χ4n) is 2.22. The average Bonchev–Trinajstić information content (AvgIpc) is 2.35. The van der Waals surface area contributed by atoms with Crippen LogP contribution >= 0.6 is 0 Å². The first-order valence-corrected chi connectivity index (χ1v) is 6.04. The van der Waals surface area contributed by atoms with Crippen LogP contribution in [0.5, 0.6) is 0 Å². The zero-order valence-electron chi connectivity index (χ0n) is 11.0. The molecule has 0 bridgehead atoms. The molecule has 1 unspecified atom stereocenters. The third-order valence-corrected chi connectivity index (χ3v) is 3.14. The van der Waals surface area contributed by atoms with Crippen molar-refractivity contribution in [3.63, 3.8) is 0 Å². The van der Waals surface area contributed by atoms with Crippen molar-refractivity contribution < 1.29 is 9.90 Å². The van der Waals surface area contributed by atoms with Gasteiger partial charge in [-0.1, -0.05) is 6.07 Å². The lowest BCUT2D eigenvalue weighted by atomic mass is 10.1. The van der Waals surface area contributed by atoms with E-state index < -0.39 is 6.10 Å². The summed E-state index contributed by atoms with van der Waals surface area (Å²) in [5, 5.41) is 12.5. The molecule has 5 nitrogen and oxygen atoms in total. The summed E-state index contributed by atoms with van der Waals surface area (Å²) in [4.78, 5) is 15.4. The van der Waals surface area contributed by atoms with Gasteiger partial charge in [-0.15, -0.1) is 0 Å². The number of amides is 2. The fourth-order valence-corrected chi connectivity index (χ4v) is 2.22. The lowest BCUT2D eigenvalue weighted by Crippen LogP contribution is -2.47. The quantitative estimate of drug-likeness (QED) is 0.853. The van der Waals surface area contributed by atoms with Crippen LogP contribution < -0.4 is 10.2 Å². The molecule has 5 heteroatoms. The predicted molar refractivity (Wildman–Crippen MR) is 71.9 cm³/mol. The van der Waals surface area contributed by atoms with Gasteiger partial charge in [-0.25, -0.2) is 4.79 Å². The average molecular weight is 249 g/mol. The molecule has 1 aromatic carbocycles. The molecule has 1 aliphatic rings. The third kappa shape index (κ3) is 2.26. The van der Waals surface area contributed by atoms with E-state index in [0.717, 1.165) is 16.9 Å². The Bertz CT molecular complexity index is 460. The van der Waals surface area contributed by atoms with Crippen LogP contribution in [0.2, 0.25) is 0 Å². The van der Waals surface area contributed by atoms with Gasteiger partial charge in [0.2, 0.25) is 0 Å². The van der Waals surface area contributed by atoms with E-state index in [9.17, 15) is 9.90 Å². The maximum atomic E-state index is 12.1. The van der Waals surface area contributed by atoms with Gasteiger partial charge >= 0.3 is 6.03 Å². The topological polar surface area (TPSA) is 55.8 Å². The van der Waals surface area contributed by atoms with Crippen molar-refractivity contribution in [3.05, 3.63) is 23.8 Å². The van der Waals surface area contributed by atoms with Crippen LogP contribution in [0.15, 0.2) is 18.2 Å². The summed E-state index contributed by atoms with van der Waals surface area (Å²) in [6, 6.07) is 5.89. The fraction of sp³-hybridized carbons (Fsp3) is 0.462. The van der Waals surface area contributed by atoms with Crippen molar-refractivity contribution in [2.24, 2.45) is 0 Å². The molecule has 0 radical (unpaired) electrons. The number of hydrogen-bond acceptors (Lipinski definition) is 3. The van der Waals surface area contributed by atoms with E-state index in [0.29, 0.717) is 13.1 Å². The first-order valence-electron chi connectivity index (χ1n) is 6.04. The Morgan fingerprint density at radius 3 is 2.83 bits per heavy atom. The lowest BCUT2D eigenvalue weighted by molar-refractivity contribution is 0.131. The van der Waals surface area contributed by atoms with Crippen LogP contribution in [-0.2, 0) is 6.54 Å². The first kappa shape index (κ1) is 12.7. The van der Waals surface area contributed by atoms with Crippen molar-refractivity contribution in [1.82, 2.24) is 4.90 Å². The highest BCUT2D eigenvalue weighted by molar-refractivity contribution is 5.95. The molecule has 18 heavy (non-hydrogen) atoms. The molecular formula is C13H19N3O2. The molecule has 1 aromatic rings. The van der Waals surface area contributed by atoms with E-state index in [4.69, 9.17) is 0 Å². The minimum atomic E-state index is -0.513. The van der Waals surface area contributed by atoms with E-state index in [1.807, 2.05) is 25.2 Å². The maximum Gasteiger partial charge on any atom is 0.324 e. The molecule has 0 saturated carbocycles.